The van der Waals surface area contributed by atoms with Crippen LogP contribution < -0.4 is 5.30 Å². The van der Waals surface area contributed by atoms with Gasteiger partial charge in [0.25, 0.3) is 0 Å². The Balaban J connectivity index is 3.31. The van der Waals surface area contributed by atoms with Gasteiger partial charge in [-0.3, -0.25) is 4.57 Å². The third kappa shape index (κ3) is 3.33. The minimum Gasteiger partial charge on any atom is -0.321 e. The van der Waals surface area contributed by atoms with Crippen LogP contribution in [0.2, 0.25) is 0 Å². The maximum absolute atomic E-state index is 12.2. The van der Waals surface area contributed by atoms with Gasteiger partial charge in [0.1, 0.15) is 0 Å². The SMILES string of the molecule is Cc1cccc(P(=O)(O)O)c1CC(F)(F)F. The zero-order chi connectivity index (χ0) is 12.6. The molecular weight excluding hydrogens is 244 g/mol. The number of benzene rings is 1. The molecule has 2 N–H and O–H groups in total. The smallest absolute Gasteiger partial charge is 0.321 e. The molecule has 0 aromatic heterocycles. The van der Waals surface area contributed by atoms with Gasteiger partial charge in [0.15, 0.2) is 0 Å². The fourth-order valence-electron chi connectivity index (χ4n) is 1.39. The van der Waals surface area contributed by atoms with Gasteiger partial charge in [0.05, 0.1) is 11.7 Å². The van der Waals surface area contributed by atoms with E-state index in [9.17, 15) is 17.7 Å². The van der Waals surface area contributed by atoms with Crippen molar-refractivity contribution in [3.05, 3.63) is 29.3 Å². The lowest BCUT2D eigenvalue weighted by atomic mass is 10.1. The Hall–Kier alpha value is -0.840. The summed E-state index contributed by atoms with van der Waals surface area (Å²) >= 11 is 0. The summed E-state index contributed by atoms with van der Waals surface area (Å²) in [5.41, 5.74) is -0.124. The first-order chi connectivity index (χ1) is 7.11. The molecule has 0 amide bonds. The second-order valence-electron chi connectivity index (χ2n) is 3.41. The number of aryl methyl sites for hydroxylation is 1. The summed E-state index contributed by atoms with van der Waals surface area (Å²) in [4.78, 5) is 17.9. The van der Waals surface area contributed by atoms with Crippen molar-refractivity contribution in [3.8, 4) is 0 Å². The van der Waals surface area contributed by atoms with Crippen molar-refractivity contribution in [2.24, 2.45) is 0 Å². The molecule has 16 heavy (non-hydrogen) atoms. The van der Waals surface area contributed by atoms with Gasteiger partial charge < -0.3 is 9.79 Å². The molecule has 1 aromatic carbocycles. The number of hydrogen-bond donors (Lipinski definition) is 2. The fraction of sp³-hybridized carbons (Fsp3) is 0.333. The predicted molar refractivity (Wildman–Crippen MR) is 52.6 cm³/mol. The highest BCUT2D eigenvalue weighted by Gasteiger charge is 2.33. The zero-order valence-corrected chi connectivity index (χ0v) is 9.22. The first kappa shape index (κ1) is 13.2. The van der Waals surface area contributed by atoms with E-state index in [2.05, 4.69) is 0 Å². The average molecular weight is 254 g/mol. The van der Waals surface area contributed by atoms with Crippen LogP contribution in [0.25, 0.3) is 0 Å². The highest BCUT2D eigenvalue weighted by atomic mass is 31.2. The Kier molecular flexibility index (Phi) is 3.47. The second-order valence-corrected chi connectivity index (χ2v) is 4.98. The molecule has 1 aromatic rings. The van der Waals surface area contributed by atoms with Crippen molar-refractivity contribution in [1.82, 2.24) is 0 Å². The van der Waals surface area contributed by atoms with Crippen LogP contribution in [0.5, 0.6) is 0 Å². The van der Waals surface area contributed by atoms with Gasteiger partial charge in [-0.1, -0.05) is 12.1 Å². The van der Waals surface area contributed by atoms with Gasteiger partial charge in [-0.15, -0.1) is 0 Å². The predicted octanol–water partition coefficient (Wildman–Crippen LogP) is 1.90. The molecule has 0 saturated heterocycles. The van der Waals surface area contributed by atoms with Crippen molar-refractivity contribution >= 4 is 12.9 Å². The lowest BCUT2D eigenvalue weighted by molar-refractivity contribution is -0.127. The molecule has 0 radical (unpaired) electrons. The summed E-state index contributed by atoms with van der Waals surface area (Å²) in [6.45, 7) is 1.39. The van der Waals surface area contributed by atoms with Gasteiger partial charge in [-0.05, 0) is 24.1 Å². The quantitative estimate of drug-likeness (QED) is 0.792. The van der Waals surface area contributed by atoms with E-state index in [0.717, 1.165) is 6.07 Å². The largest absolute Gasteiger partial charge is 0.393 e. The highest BCUT2D eigenvalue weighted by Crippen LogP contribution is 2.37. The van der Waals surface area contributed by atoms with Crippen LogP contribution in [0.3, 0.4) is 0 Å². The molecule has 0 atom stereocenters. The first-order valence-corrected chi connectivity index (χ1v) is 5.94. The van der Waals surface area contributed by atoms with Crippen molar-refractivity contribution in [3.63, 3.8) is 0 Å². The standard InChI is InChI=1S/C9H10F3O3P/c1-6-3-2-4-8(16(13,14)15)7(6)5-9(10,11)12/h2-4H,5H2,1H3,(H2,13,14,15). The molecule has 0 saturated carbocycles. The molecule has 0 fully saturated rings. The lowest BCUT2D eigenvalue weighted by Gasteiger charge is -2.15. The van der Waals surface area contributed by atoms with Crippen LogP contribution >= 0.6 is 7.60 Å². The van der Waals surface area contributed by atoms with E-state index in [1.165, 1.54) is 19.1 Å². The van der Waals surface area contributed by atoms with Crippen molar-refractivity contribution in [1.29, 1.82) is 0 Å². The Labute approximate surface area is 90.1 Å². The molecule has 0 spiro atoms. The lowest BCUT2D eigenvalue weighted by Crippen LogP contribution is -2.20. The van der Waals surface area contributed by atoms with Gasteiger partial charge in [0, 0.05) is 0 Å². The minimum absolute atomic E-state index is 0.221. The van der Waals surface area contributed by atoms with Gasteiger partial charge >= 0.3 is 13.8 Å². The topological polar surface area (TPSA) is 57.5 Å². The maximum atomic E-state index is 12.2. The van der Waals surface area contributed by atoms with Crippen molar-refractivity contribution in [2.75, 3.05) is 0 Å². The van der Waals surface area contributed by atoms with E-state index < -0.39 is 25.5 Å². The molecular formula is C9H10F3O3P. The van der Waals surface area contributed by atoms with Crippen LogP contribution in [0.4, 0.5) is 13.2 Å². The van der Waals surface area contributed by atoms with Crippen LogP contribution in [-0.2, 0) is 11.0 Å². The Bertz CT molecular complexity index is 436. The summed E-state index contributed by atoms with van der Waals surface area (Å²) in [5.74, 6) is 0. The van der Waals surface area contributed by atoms with E-state index in [1.54, 1.807) is 0 Å². The third-order valence-corrected chi connectivity index (χ3v) is 3.12. The molecule has 0 aliphatic carbocycles. The minimum atomic E-state index is -4.67. The van der Waals surface area contributed by atoms with E-state index >= 15 is 0 Å². The number of hydrogen-bond acceptors (Lipinski definition) is 1. The Morgan fingerprint density at radius 3 is 2.31 bits per heavy atom. The second kappa shape index (κ2) is 4.20. The Morgan fingerprint density at radius 1 is 1.31 bits per heavy atom. The molecule has 90 valence electrons. The van der Waals surface area contributed by atoms with E-state index in [-0.39, 0.29) is 11.1 Å². The molecule has 1 rings (SSSR count). The highest BCUT2D eigenvalue weighted by molar-refractivity contribution is 7.60. The van der Waals surface area contributed by atoms with E-state index in [1.807, 2.05) is 0 Å². The fourth-order valence-corrected chi connectivity index (χ4v) is 2.28. The molecule has 3 nitrogen and oxygen atoms in total. The van der Waals surface area contributed by atoms with Crippen LogP contribution in [0, 0.1) is 6.92 Å². The molecule has 0 bridgehead atoms. The van der Waals surface area contributed by atoms with Crippen molar-refractivity contribution in [2.45, 2.75) is 19.5 Å². The monoisotopic (exact) mass is 254 g/mol. The van der Waals surface area contributed by atoms with Gasteiger partial charge in [-0.2, -0.15) is 13.2 Å². The number of rotatable bonds is 2. The summed E-state index contributed by atoms with van der Waals surface area (Å²) < 4.78 is 47.7. The van der Waals surface area contributed by atoms with E-state index in [0.29, 0.717) is 0 Å². The molecule has 0 aliphatic heterocycles. The molecule has 7 heteroatoms. The van der Waals surface area contributed by atoms with E-state index in [4.69, 9.17) is 9.79 Å². The summed E-state index contributed by atoms with van der Waals surface area (Å²) in [6, 6.07) is 3.73. The van der Waals surface area contributed by atoms with Gasteiger partial charge in [0.2, 0.25) is 0 Å². The third-order valence-electron chi connectivity index (χ3n) is 2.08. The normalized spacial score (nSPS) is 12.9. The molecule has 0 aliphatic rings. The van der Waals surface area contributed by atoms with Crippen molar-refractivity contribution < 1.29 is 27.5 Å². The Morgan fingerprint density at radius 2 is 1.88 bits per heavy atom. The van der Waals surface area contributed by atoms with Crippen LogP contribution in [-0.4, -0.2) is 16.0 Å². The number of halogens is 3. The summed E-state index contributed by atoms with van der Waals surface area (Å²) in [5, 5.41) is -0.551. The molecule has 0 heterocycles. The zero-order valence-electron chi connectivity index (χ0n) is 8.32. The average Bonchev–Trinajstić information content (AvgIpc) is 2.04. The number of alkyl halides is 3. The first-order valence-electron chi connectivity index (χ1n) is 4.32. The van der Waals surface area contributed by atoms with Gasteiger partial charge in [-0.25, -0.2) is 0 Å². The maximum Gasteiger partial charge on any atom is 0.393 e. The van der Waals surface area contributed by atoms with Crippen LogP contribution in [0.15, 0.2) is 18.2 Å². The molecule has 0 unspecified atom stereocenters. The summed E-state index contributed by atoms with van der Waals surface area (Å²) in [7, 11) is -4.67. The summed E-state index contributed by atoms with van der Waals surface area (Å²) in [6.07, 6.45) is -5.82. The van der Waals surface area contributed by atoms with Crippen LogP contribution in [0.1, 0.15) is 11.1 Å².